The first-order valence-corrected chi connectivity index (χ1v) is 8.96. The highest BCUT2D eigenvalue weighted by Gasteiger charge is 2.39. The van der Waals surface area contributed by atoms with E-state index in [-0.39, 0.29) is 5.78 Å². The molecule has 1 aromatic carbocycles. The molecule has 0 bridgehead atoms. The number of aromatic nitrogens is 2. The van der Waals surface area contributed by atoms with Crippen LogP contribution < -0.4 is 5.32 Å². The maximum absolute atomic E-state index is 12.6. The quantitative estimate of drug-likeness (QED) is 0.797. The summed E-state index contributed by atoms with van der Waals surface area (Å²) < 4.78 is 1.80. The van der Waals surface area contributed by atoms with Crippen LogP contribution in [0.15, 0.2) is 30.3 Å². The number of ketones is 1. The van der Waals surface area contributed by atoms with Crippen LogP contribution in [0.2, 0.25) is 0 Å². The summed E-state index contributed by atoms with van der Waals surface area (Å²) in [4.78, 5) is 12.6. The van der Waals surface area contributed by atoms with Crippen LogP contribution in [0.4, 0.5) is 0 Å². The highest BCUT2D eigenvalue weighted by molar-refractivity contribution is 5.97. The number of rotatable bonds is 7. The lowest BCUT2D eigenvalue weighted by molar-refractivity contribution is 0.0990. The first-order valence-electron chi connectivity index (χ1n) is 8.96. The Morgan fingerprint density at radius 2 is 2.17 bits per heavy atom. The van der Waals surface area contributed by atoms with E-state index in [0.29, 0.717) is 18.4 Å². The van der Waals surface area contributed by atoms with E-state index in [9.17, 15) is 4.79 Å². The van der Waals surface area contributed by atoms with Crippen LogP contribution in [0.25, 0.3) is 0 Å². The van der Waals surface area contributed by atoms with E-state index >= 15 is 0 Å². The number of benzene rings is 1. The zero-order valence-electron chi connectivity index (χ0n) is 14.5. The molecule has 2 aromatic rings. The first-order chi connectivity index (χ1) is 11.6. The van der Waals surface area contributed by atoms with Gasteiger partial charge in [-0.2, -0.15) is 5.10 Å². The highest BCUT2D eigenvalue weighted by atomic mass is 16.1. The summed E-state index contributed by atoms with van der Waals surface area (Å²) in [6, 6.07) is 10.8. The molecule has 0 spiro atoms. The van der Waals surface area contributed by atoms with Gasteiger partial charge in [-0.15, -0.1) is 0 Å². The Morgan fingerprint density at radius 3 is 2.88 bits per heavy atom. The minimum absolute atomic E-state index is 0.169. The normalized spacial score (nSPS) is 22.6. The number of Topliss-reactive ketones (excluding diaryl/α,β-unsaturated/α-hetero) is 1. The second-order valence-electron chi connectivity index (χ2n) is 7.43. The van der Waals surface area contributed by atoms with Crippen LogP contribution in [0.5, 0.6) is 0 Å². The van der Waals surface area contributed by atoms with Gasteiger partial charge in [0.15, 0.2) is 5.78 Å². The van der Waals surface area contributed by atoms with E-state index in [0.717, 1.165) is 22.9 Å². The van der Waals surface area contributed by atoms with Crippen molar-refractivity contribution in [2.45, 2.75) is 44.6 Å². The largest absolute Gasteiger partial charge is 0.313 e. The van der Waals surface area contributed by atoms with Crippen LogP contribution in [0, 0.1) is 12.8 Å². The molecule has 0 amide bonds. The third-order valence-corrected chi connectivity index (χ3v) is 5.23. The molecular formula is C20H25N3O. The first kappa shape index (κ1) is 15.6. The van der Waals surface area contributed by atoms with E-state index in [1.165, 1.54) is 31.4 Å². The van der Waals surface area contributed by atoms with Gasteiger partial charge in [0.2, 0.25) is 0 Å². The Labute approximate surface area is 143 Å². The fourth-order valence-electron chi connectivity index (χ4n) is 3.47. The predicted molar refractivity (Wildman–Crippen MR) is 94.3 cm³/mol. The standard InChI is InChI=1S/C20H25N3O/c1-13-8-17(23(2)22-13)10-20(24)16-5-3-4-15(9-16)18-11-19(18)21-12-14-6-7-14/h3-5,8-9,14,18-19,21H,6-7,10-12H2,1-2H3. The van der Waals surface area contributed by atoms with Gasteiger partial charge in [0.25, 0.3) is 0 Å². The molecule has 1 N–H and O–H groups in total. The third kappa shape index (κ3) is 3.44. The van der Waals surface area contributed by atoms with Crippen LogP contribution >= 0.6 is 0 Å². The third-order valence-electron chi connectivity index (χ3n) is 5.23. The van der Waals surface area contributed by atoms with Crippen molar-refractivity contribution in [3.8, 4) is 0 Å². The fraction of sp³-hybridized carbons (Fsp3) is 0.500. The summed E-state index contributed by atoms with van der Waals surface area (Å²) in [6.45, 7) is 3.12. The number of nitrogens with one attached hydrogen (secondary N) is 1. The molecule has 1 aromatic heterocycles. The van der Waals surface area contributed by atoms with Crippen LogP contribution in [-0.2, 0) is 13.5 Å². The van der Waals surface area contributed by atoms with Crippen molar-refractivity contribution in [1.29, 1.82) is 0 Å². The Balaban J connectivity index is 1.40. The van der Waals surface area contributed by atoms with E-state index in [1.807, 2.05) is 32.2 Å². The molecule has 0 saturated heterocycles. The molecule has 0 aliphatic heterocycles. The van der Waals surface area contributed by atoms with Crippen molar-refractivity contribution in [3.05, 3.63) is 52.8 Å². The Hall–Kier alpha value is -1.94. The van der Waals surface area contributed by atoms with E-state index < -0.39 is 0 Å². The zero-order chi connectivity index (χ0) is 16.7. The van der Waals surface area contributed by atoms with Gasteiger partial charge >= 0.3 is 0 Å². The van der Waals surface area contributed by atoms with Gasteiger partial charge in [-0.25, -0.2) is 0 Å². The minimum atomic E-state index is 0.169. The zero-order valence-corrected chi connectivity index (χ0v) is 14.5. The van der Waals surface area contributed by atoms with Gasteiger partial charge in [-0.1, -0.05) is 18.2 Å². The Bertz CT molecular complexity index is 760. The van der Waals surface area contributed by atoms with Crippen molar-refractivity contribution < 1.29 is 4.79 Å². The van der Waals surface area contributed by atoms with Gasteiger partial charge in [0, 0.05) is 30.3 Å². The second kappa shape index (κ2) is 6.17. The molecule has 4 rings (SSSR count). The molecule has 2 aliphatic rings. The number of hydrogen-bond acceptors (Lipinski definition) is 3. The highest BCUT2D eigenvalue weighted by Crippen LogP contribution is 2.41. The molecule has 0 radical (unpaired) electrons. The number of aryl methyl sites for hydroxylation is 2. The van der Waals surface area contributed by atoms with Gasteiger partial charge in [0.05, 0.1) is 12.1 Å². The average molecular weight is 323 g/mol. The number of carbonyl (C=O) groups excluding carboxylic acids is 1. The molecule has 2 aliphatic carbocycles. The molecule has 1 heterocycles. The smallest absolute Gasteiger partial charge is 0.168 e. The van der Waals surface area contributed by atoms with Crippen LogP contribution in [-0.4, -0.2) is 28.2 Å². The molecule has 2 saturated carbocycles. The van der Waals surface area contributed by atoms with Gasteiger partial charge < -0.3 is 5.32 Å². The summed E-state index contributed by atoms with van der Waals surface area (Å²) in [7, 11) is 1.90. The second-order valence-corrected chi connectivity index (χ2v) is 7.43. The lowest BCUT2D eigenvalue weighted by atomic mass is 10.0. The summed E-state index contributed by atoms with van der Waals surface area (Å²) in [5, 5.41) is 7.99. The summed E-state index contributed by atoms with van der Waals surface area (Å²) in [5.41, 5.74) is 4.05. The molecule has 126 valence electrons. The molecule has 2 atom stereocenters. The molecule has 2 fully saturated rings. The monoisotopic (exact) mass is 323 g/mol. The van der Waals surface area contributed by atoms with Crippen molar-refractivity contribution in [2.75, 3.05) is 6.54 Å². The fourth-order valence-corrected chi connectivity index (χ4v) is 3.47. The van der Waals surface area contributed by atoms with Crippen LogP contribution in [0.1, 0.15) is 52.5 Å². The van der Waals surface area contributed by atoms with Crippen molar-refractivity contribution in [2.24, 2.45) is 13.0 Å². The molecular weight excluding hydrogens is 298 g/mol. The van der Waals surface area contributed by atoms with E-state index in [2.05, 4.69) is 22.5 Å². The summed E-state index contributed by atoms with van der Waals surface area (Å²) in [6.07, 6.45) is 4.39. The van der Waals surface area contributed by atoms with Gasteiger partial charge in [-0.3, -0.25) is 9.48 Å². The predicted octanol–water partition coefficient (Wildman–Crippen LogP) is 3.01. The van der Waals surface area contributed by atoms with Crippen molar-refractivity contribution in [1.82, 2.24) is 15.1 Å². The number of nitrogens with zero attached hydrogens (tertiary/aromatic N) is 2. The maximum Gasteiger partial charge on any atom is 0.168 e. The number of carbonyl (C=O) groups is 1. The van der Waals surface area contributed by atoms with Crippen molar-refractivity contribution in [3.63, 3.8) is 0 Å². The summed E-state index contributed by atoms with van der Waals surface area (Å²) >= 11 is 0. The molecule has 4 nitrogen and oxygen atoms in total. The molecule has 24 heavy (non-hydrogen) atoms. The maximum atomic E-state index is 12.6. The average Bonchev–Trinajstić information content (AvgIpc) is 3.46. The van der Waals surface area contributed by atoms with Crippen molar-refractivity contribution >= 4 is 5.78 Å². The van der Waals surface area contributed by atoms with E-state index in [4.69, 9.17) is 0 Å². The Kier molecular flexibility index (Phi) is 4.01. The van der Waals surface area contributed by atoms with Gasteiger partial charge in [0.1, 0.15) is 0 Å². The Morgan fingerprint density at radius 1 is 1.33 bits per heavy atom. The topological polar surface area (TPSA) is 46.9 Å². The van der Waals surface area contributed by atoms with Gasteiger partial charge in [-0.05, 0) is 56.3 Å². The molecule has 4 heteroatoms. The minimum Gasteiger partial charge on any atom is -0.313 e. The number of hydrogen-bond donors (Lipinski definition) is 1. The van der Waals surface area contributed by atoms with E-state index in [1.54, 1.807) is 4.68 Å². The van der Waals surface area contributed by atoms with Crippen LogP contribution in [0.3, 0.4) is 0 Å². The lowest BCUT2D eigenvalue weighted by Crippen LogP contribution is -2.20. The lowest BCUT2D eigenvalue weighted by Gasteiger charge is -2.06. The molecule has 2 unspecified atom stereocenters. The summed E-state index contributed by atoms with van der Waals surface area (Å²) in [5.74, 6) is 1.67. The SMILES string of the molecule is Cc1cc(CC(=O)c2cccc(C3CC3NCC3CC3)c2)n(C)n1.